The van der Waals surface area contributed by atoms with E-state index in [4.69, 9.17) is 19.4 Å². The van der Waals surface area contributed by atoms with Crippen LogP contribution in [0, 0.1) is 24.3 Å². The molecule has 5 aromatic heterocycles. The van der Waals surface area contributed by atoms with E-state index >= 15 is 0 Å². The van der Waals surface area contributed by atoms with E-state index in [9.17, 15) is 0 Å². The zero-order chi connectivity index (χ0) is 33.3. The van der Waals surface area contributed by atoms with Crippen LogP contribution >= 0.6 is 0 Å². The second-order valence-electron chi connectivity index (χ2n) is 11.2. The zero-order valence-electron chi connectivity index (χ0n) is 26.9. The number of aromatic nitrogens is 7. The maximum absolute atomic E-state index is 6.31. The van der Waals surface area contributed by atoms with Gasteiger partial charge in [-0.2, -0.15) is 22.9 Å². The number of ether oxygens (including phenoxy) is 2. The van der Waals surface area contributed by atoms with Crippen molar-refractivity contribution >= 4 is 21.8 Å². The van der Waals surface area contributed by atoms with Gasteiger partial charge in [-0.15, -0.1) is 71.8 Å². The summed E-state index contributed by atoms with van der Waals surface area (Å²) in [6.45, 7) is 0. The number of pyridine rings is 2. The summed E-state index contributed by atoms with van der Waals surface area (Å²) in [5.74, 6) is 2.52. The Balaban J connectivity index is 0.00000210. The Morgan fingerprint density at radius 2 is 1.04 bits per heavy atom. The average molecular weight is 1040 g/mol. The summed E-state index contributed by atoms with van der Waals surface area (Å²) in [7, 11) is 0. The molecular weight excluding hydrogens is 1010 g/mol. The first-order chi connectivity index (χ1) is 24.7. The smallest absolute Gasteiger partial charge is 0.503 e. The third-order valence-electron chi connectivity index (χ3n) is 8.02. The minimum atomic E-state index is 0. The predicted octanol–water partition coefficient (Wildman–Crippen LogP) is 8.66. The molecule has 4 aromatic carbocycles. The molecular formula is C41H23N7O2Pt2. The molecule has 0 aliphatic rings. The summed E-state index contributed by atoms with van der Waals surface area (Å²) in [4.78, 5) is 22.5. The third-order valence-corrected chi connectivity index (χ3v) is 8.02. The molecule has 0 aliphatic carbocycles. The molecule has 0 saturated heterocycles. The van der Waals surface area contributed by atoms with Crippen molar-refractivity contribution in [2.45, 2.75) is 0 Å². The van der Waals surface area contributed by atoms with Crippen LogP contribution in [-0.2, 0) is 42.1 Å². The van der Waals surface area contributed by atoms with E-state index in [1.54, 1.807) is 37.3 Å². The molecule has 0 spiro atoms. The maximum Gasteiger partial charge on any atom is 2.00 e. The molecule has 0 aliphatic heterocycles. The van der Waals surface area contributed by atoms with E-state index in [1.165, 1.54) is 0 Å². The molecule has 0 atom stereocenters. The molecule has 52 heavy (non-hydrogen) atoms. The van der Waals surface area contributed by atoms with Gasteiger partial charge >= 0.3 is 42.1 Å². The summed E-state index contributed by atoms with van der Waals surface area (Å²) in [6.07, 6.45) is 12.3. The Morgan fingerprint density at radius 1 is 0.500 bits per heavy atom. The van der Waals surface area contributed by atoms with Crippen LogP contribution in [0.15, 0.2) is 141 Å². The number of rotatable bonds is 8. The summed E-state index contributed by atoms with van der Waals surface area (Å²) >= 11 is 0. The largest absolute Gasteiger partial charge is 2.00 e. The molecule has 0 N–H and O–H groups in total. The quantitative estimate of drug-likeness (QED) is 0.141. The maximum atomic E-state index is 6.31. The van der Waals surface area contributed by atoms with Gasteiger partial charge in [0.15, 0.2) is 0 Å². The van der Waals surface area contributed by atoms with Gasteiger partial charge in [0.2, 0.25) is 5.95 Å². The normalized spacial score (nSPS) is 10.8. The summed E-state index contributed by atoms with van der Waals surface area (Å²) in [6, 6.07) is 44.3. The molecule has 0 amide bonds. The van der Waals surface area contributed by atoms with E-state index < -0.39 is 0 Å². The van der Waals surface area contributed by atoms with E-state index in [2.05, 4.69) is 39.2 Å². The van der Waals surface area contributed by atoms with Crippen molar-refractivity contribution in [2.24, 2.45) is 0 Å². The summed E-state index contributed by atoms with van der Waals surface area (Å²) in [5, 5.41) is 1.85. The van der Waals surface area contributed by atoms with Crippen molar-refractivity contribution in [1.82, 2.24) is 34.1 Å². The second-order valence-corrected chi connectivity index (χ2v) is 11.2. The van der Waals surface area contributed by atoms with Crippen LogP contribution in [0.1, 0.15) is 0 Å². The van der Waals surface area contributed by atoms with Crippen molar-refractivity contribution < 1.29 is 51.6 Å². The van der Waals surface area contributed by atoms with Gasteiger partial charge < -0.3 is 28.6 Å². The standard InChI is InChI=1S/C41H23N7O2.2Pt/c1-3-17-43-37(11-1)28-7-5-9-31(21-28)49-33-13-15-35-36-16-14-34(50-32-10-6-8-29(22-32)38-12-2-4-18-44-38)24-40(36)48(39(35)23-33)41-45-25-30(26-46-41)47-20-19-42-27-47;;/h1-20,25-27H;;/q-4;2*+2. The molecule has 11 heteroatoms. The fourth-order valence-corrected chi connectivity index (χ4v) is 5.72. The second kappa shape index (κ2) is 15.2. The van der Waals surface area contributed by atoms with Crippen molar-refractivity contribution in [3.05, 3.63) is 165 Å². The minimum Gasteiger partial charge on any atom is -0.503 e. The SMILES string of the molecule is [Pt+2].[Pt+2].[c-]1c(Oc2[c-]c3c(cc2)c2ccc(Oc4[c-]c(-c5ccccn5)ccc4)[c-]c2n3-c2ncc(-n3ccnc3)cn2)cccc1-c1ccccn1. The molecule has 9 nitrogen and oxygen atoms in total. The van der Waals surface area contributed by atoms with E-state index in [0.29, 0.717) is 40.0 Å². The van der Waals surface area contributed by atoms with Crippen LogP contribution in [-0.4, -0.2) is 34.1 Å². The summed E-state index contributed by atoms with van der Waals surface area (Å²) in [5.41, 5.74) is 5.48. The van der Waals surface area contributed by atoms with Gasteiger partial charge in [-0.1, -0.05) is 47.4 Å². The van der Waals surface area contributed by atoms with Crippen molar-refractivity contribution in [3.8, 4) is 57.1 Å². The van der Waals surface area contributed by atoms with E-state index in [0.717, 1.165) is 39.0 Å². The Labute approximate surface area is 327 Å². The average Bonchev–Trinajstić information content (AvgIpc) is 3.83. The van der Waals surface area contributed by atoms with Gasteiger partial charge in [-0.25, -0.2) is 15.0 Å². The third kappa shape index (κ3) is 6.93. The van der Waals surface area contributed by atoms with Gasteiger partial charge in [-0.3, -0.25) is 0 Å². The molecule has 0 fully saturated rings. The van der Waals surface area contributed by atoms with Crippen molar-refractivity contribution in [3.63, 3.8) is 0 Å². The van der Waals surface area contributed by atoms with Crippen LogP contribution < -0.4 is 9.47 Å². The summed E-state index contributed by atoms with van der Waals surface area (Å²) < 4.78 is 16.4. The molecule has 9 aromatic rings. The zero-order valence-corrected chi connectivity index (χ0v) is 31.4. The molecule has 0 bridgehead atoms. The number of hydrogen-bond donors (Lipinski definition) is 0. The number of hydrogen-bond acceptors (Lipinski definition) is 7. The van der Waals surface area contributed by atoms with Crippen LogP contribution in [0.4, 0.5) is 0 Å². The molecule has 5 heterocycles. The number of benzene rings is 4. The fourth-order valence-electron chi connectivity index (χ4n) is 5.72. The van der Waals surface area contributed by atoms with Gasteiger partial charge in [0.25, 0.3) is 0 Å². The Kier molecular flexibility index (Phi) is 10.2. The molecule has 9 rings (SSSR count). The number of nitrogens with zero attached hydrogens (tertiary/aromatic N) is 7. The van der Waals surface area contributed by atoms with E-state index in [1.807, 2.05) is 112 Å². The monoisotopic (exact) mass is 1040 g/mol. The van der Waals surface area contributed by atoms with Crippen LogP contribution in [0.2, 0.25) is 0 Å². The Hall–Kier alpha value is -5.75. The molecule has 0 radical (unpaired) electrons. The van der Waals surface area contributed by atoms with Gasteiger partial charge in [0, 0.05) is 47.8 Å². The van der Waals surface area contributed by atoms with E-state index in [-0.39, 0.29) is 42.1 Å². The molecule has 0 unspecified atom stereocenters. The predicted molar refractivity (Wildman–Crippen MR) is 188 cm³/mol. The van der Waals surface area contributed by atoms with Gasteiger partial charge in [-0.05, 0) is 23.5 Å². The Morgan fingerprint density at radius 3 is 1.52 bits per heavy atom. The fraction of sp³-hybridized carbons (Fsp3) is 0. The van der Waals surface area contributed by atoms with Crippen LogP contribution in [0.3, 0.4) is 0 Å². The number of fused-ring (bicyclic) bond motifs is 3. The first kappa shape index (κ1) is 34.7. The number of imidazole rings is 1. The van der Waals surface area contributed by atoms with Crippen molar-refractivity contribution in [1.29, 1.82) is 0 Å². The van der Waals surface area contributed by atoms with Crippen LogP contribution in [0.25, 0.3) is 56.0 Å². The molecule has 254 valence electrons. The van der Waals surface area contributed by atoms with Gasteiger partial charge in [0.05, 0.1) is 24.4 Å². The van der Waals surface area contributed by atoms with Crippen molar-refractivity contribution in [2.75, 3.05) is 0 Å². The topological polar surface area (TPSA) is 92.8 Å². The first-order valence-corrected chi connectivity index (χ1v) is 15.7. The molecule has 0 saturated carbocycles. The first-order valence-electron chi connectivity index (χ1n) is 15.7. The van der Waals surface area contributed by atoms with Crippen LogP contribution in [0.5, 0.6) is 23.0 Å². The minimum absolute atomic E-state index is 0. The van der Waals surface area contributed by atoms with Gasteiger partial charge in [0.1, 0.15) is 0 Å². The Bertz CT molecular complexity index is 2460.